The topological polar surface area (TPSA) is 54.9 Å². The number of likely N-dealkylation sites (tertiary alicyclic amines) is 1. The molecule has 0 bridgehead atoms. The Morgan fingerprint density at radius 2 is 2.03 bits per heavy atom. The van der Waals surface area contributed by atoms with E-state index in [0.717, 1.165) is 47.5 Å². The van der Waals surface area contributed by atoms with Crippen LogP contribution in [0.3, 0.4) is 0 Å². The van der Waals surface area contributed by atoms with E-state index in [1.807, 2.05) is 53.4 Å². The molecule has 5 rings (SSSR count). The van der Waals surface area contributed by atoms with E-state index in [4.69, 9.17) is 9.47 Å². The molecule has 2 aromatic carbocycles. The van der Waals surface area contributed by atoms with Gasteiger partial charge in [-0.05, 0) is 55.8 Å². The predicted octanol–water partition coefficient (Wildman–Crippen LogP) is 4.09. The summed E-state index contributed by atoms with van der Waals surface area (Å²) in [6.45, 7) is 5.77. The minimum Gasteiger partial charge on any atom is -0.454 e. The van der Waals surface area contributed by atoms with Crippen LogP contribution in [0.4, 0.5) is 0 Å². The van der Waals surface area contributed by atoms with E-state index in [0.29, 0.717) is 24.7 Å². The number of nitrogens with zero attached hydrogens (tertiary/aromatic N) is 3. The molecular weight excluding hydrogens is 390 g/mol. The monoisotopic (exact) mass is 417 g/mol. The van der Waals surface area contributed by atoms with Crippen LogP contribution < -0.4 is 9.47 Å². The molecule has 3 heterocycles. The Kier molecular flexibility index (Phi) is 5.47. The van der Waals surface area contributed by atoms with Crippen molar-refractivity contribution in [3.8, 4) is 11.5 Å². The van der Waals surface area contributed by atoms with Crippen LogP contribution in [0.1, 0.15) is 35.7 Å². The van der Waals surface area contributed by atoms with Crippen molar-refractivity contribution >= 4 is 16.8 Å². The van der Waals surface area contributed by atoms with Crippen LogP contribution in [-0.4, -0.2) is 53.2 Å². The molecule has 6 heteroatoms. The van der Waals surface area contributed by atoms with Crippen molar-refractivity contribution < 1.29 is 14.3 Å². The summed E-state index contributed by atoms with van der Waals surface area (Å²) in [5.41, 5.74) is 2.56. The van der Waals surface area contributed by atoms with Gasteiger partial charge in [0.05, 0.1) is 11.1 Å². The van der Waals surface area contributed by atoms with E-state index < -0.39 is 0 Å². The number of likely N-dealkylation sites (N-methyl/N-ethyl adjacent to an activating group) is 1. The molecule has 2 aliphatic heterocycles. The van der Waals surface area contributed by atoms with Gasteiger partial charge in [0.15, 0.2) is 11.5 Å². The van der Waals surface area contributed by atoms with Gasteiger partial charge >= 0.3 is 0 Å². The molecule has 0 N–H and O–H groups in total. The number of aromatic nitrogens is 1. The Bertz CT molecular complexity index is 1100. The first kappa shape index (κ1) is 19.8. The Hall–Kier alpha value is -3.12. The van der Waals surface area contributed by atoms with Crippen molar-refractivity contribution in [3.63, 3.8) is 0 Å². The summed E-state index contributed by atoms with van der Waals surface area (Å²) in [7, 11) is 0. The van der Waals surface area contributed by atoms with E-state index in [2.05, 4.69) is 16.8 Å². The molecule has 1 unspecified atom stereocenters. The van der Waals surface area contributed by atoms with Crippen molar-refractivity contribution in [2.45, 2.75) is 32.4 Å². The Labute approximate surface area is 182 Å². The molecule has 3 aromatic rings. The molecule has 1 amide bonds. The lowest BCUT2D eigenvalue weighted by molar-refractivity contribution is 0.0691. The summed E-state index contributed by atoms with van der Waals surface area (Å²) in [5.74, 6) is 1.51. The summed E-state index contributed by atoms with van der Waals surface area (Å²) in [4.78, 5) is 22.6. The van der Waals surface area contributed by atoms with Gasteiger partial charge in [-0.15, -0.1) is 0 Å². The van der Waals surface area contributed by atoms with Crippen molar-refractivity contribution in [2.24, 2.45) is 0 Å². The number of hydrogen-bond donors (Lipinski definition) is 0. The fourth-order valence-corrected chi connectivity index (χ4v) is 4.62. The average molecular weight is 418 g/mol. The van der Waals surface area contributed by atoms with E-state index in [1.165, 1.54) is 6.42 Å². The summed E-state index contributed by atoms with van der Waals surface area (Å²) in [6.07, 6.45) is 4.00. The number of benzene rings is 2. The number of carbonyl (C=O) groups excluding carboxylic acids is 1. The minimum atomic E-state index is 0.0128. The second-order valence-corrected chi connectivity index (χ2v) is 8.21. The van der Waals surface area contributed by atoms with Gasteiger partial charge in [-0.1, -0.05) is 31.2 Å². The van der Waals surface area contributed by atoms with E-state index in [9.17, 15) is 4.79 Å². The number of pyridine rings is 1. The summed E-state index contributed by atoms with van der Waals surface area (Å²) >= 11 is 0. The molecular formula is C25H27N3O3. The van der Waals surface area contributed by atoms with Gasteiger partial charge < -0.3 is 14.4 Å². The minimum absolute atomic E-state index is 0.0128. The zero-order chi connectivity index (χ0) is 21.2. The summed E-state index contributed by atoms with van der Waals surface area (Å²) in [6, 6.07) is 16.1. The highest BCUT2D eigenvalue weighted by molar-refractivity contribution is 5.97. The van der Waals surface area contributed by atoms with Crippen molar-refractivity contribution in [1.29, 1.82) is 0 Å². The highest BCUT2D eigenvalue weighted by Gasteiger charge is 2.28. The maximum Gasteiger partial charge on any atom is 0.255 e. The van der Waals surface area contributed by atoms with Gasteiger partial charge in [-0.25, -0.2) is 0 Å². The molecule has 0 radical (unpaired) electrons. The standard InChI is InChI=1S/C25H27N3O3/c1-2-27-11-5-7-21(27)16-28(15-18-9-10-23-24(12-18)31-17-30-23)25(29)20-13-19-6-3-4-8-22(19)26-14-20/h3-4,6,8-10,12-14,21H,2,5,7,11,15-17H2,1H3. The smallest absolute Gasteiger partial charge is 0.255 e. The van der Waals surface area contributed by atoms with Crippen molar-refractivity contribution in [2.75, 3.05) is 26.4 Å². The molecule has 2 aliphatic rings. The van der Waals surface area contributed by atoms with Crippen LogP contribution in [-0.2, 0) is 6.54 Å². The Balaban J connectivity index is 1.43. The molecule has 31 heavy (non-hydrogen) atoms. The van der Waals surface area contributed by atoms with Gasteiger partial charge in [0, 0.05) is 30.7 Å². The summed E-state index contributed by atoms with van der Waals surface area (Å²) < 4.78 is 11.0. The molecule has 0 spiro atoms. The quantitative estimate of drug-likeness (QED) is 0.605. The largest absolute Gasteiger partial charge is 0.454 e. The molecule has 0 saturated carbocycles. The maximum absolute atomic E-state index is 13.6. The SMILES string of the molecule is CCN1CCCC1CN(Cc1ccc2c(c1)OCO2)C(=O)c1cnc2ccccc2c1. The molecule has 1 fully saturated rings. The third-order valence-electron chi connectivity index (χ3n) is 6.27. The number of rotatable bonds is 6. The van der Waals surface area contributed by atoms with Crippen LogP contribution >= 0.6 is 0 Å². The molecule has 1 saturated heterocycles. The Morgan fingerprint density at radius 1 is 1.16 bits per heavy atom. The third-order valence-corrected chi connectivity index (χ3v) is 6.27. The zero-order valence-electron chi connectivity index (χ0n) is 17.8. The molecule has 0 aliphatic carbocycles. The number of amides is 1. The maximum atomic E-state index is 13.6. The van der Waals surface area contributed by atoms with Crippen LogP contribution in [0.2, 0.25) is 0 Å². The molecule has 160 valence electrons. The first-order valence-corrected chi connectivity index (χ1v) is 11.0. The molecule has 1 atom stereocenters. The van der Waals surface area contributed by atoms with Gasteiger partial charge in [0.1, 0.15) is 0 Å². The first-order chi connectivity index (χ1) is 15.2. The van der Waals surface area contributed by atoms with E-state index in [1.54, 1.807) is 6.20 Å². The van der Waals surface area contributed by atoms with Crippen molar-refractivity contribution in [3.05, 3.63) is 65.9 Å². The van der Waals surface area contributed by atoms with Gasteiger partial charge in [-0.2, -0.15) is 0 Å². The van der Waals surface area contributed by atoms with Crippen molar-refractivity contribution in [1.82, 2.24) is 14.8 Å². The zero-order valence-corrected chi connectivity index (χ0v) is 17.8. The fourth-order valence-electron chi connectivity index (χ4n) is 4.62. The average Bonchev–Trinajstić information content (AvgIpc) is 3.46. The lowest BCUT2D eigenvalue weighted by atomic mass is 10.1. The number of fused-ring (bicyclic) bond motifs is 2. The fraction of sp³-hybridized carbons (Fsp3) is 0.360. The van der Waals surface area contributed by atoms with Crippen LogP contribution in [0.15, 0.2) is 54.7 Å². The predicted molar refractivity (Wildman–Crippen MR) is 119 cm³/mol. The first-order valence-electron chi connectivity index (χ1n) is 11.0. The number of ether oxygens (including phenoxy) is 2. The van der Waals surface area contributed by atoms with Crippen LogP contribution in [0, 0.1) is 0 Å². The van der Waals surface area contributed by atoms with E-state index in [-0.39, 0.29) is 12.7 Å². The molecule has 6 nitrogen and oxygen atoms in total. The van der Waals surface area contributed by atoms with Crippen LogP contribution in [0.25, 0.3) is 10.9 Å². The third kappa shape index (κ3) is 4.08. The highest BCUT2D eigenvalue weighted by Crippen LogP contribution is 2.33. The second-order valence-electron chi connectivity index (χ2n) is 8.21. The molecule has 1 aromatic heterocycles. The summed E-state index contributed by atoms with van der Waals surface area (Å²) in [5, 5.41) is 0.979. The number of hydrogen-bond acceptors (Lipinski definition) is 5. The normalized spacial score (nSPS) is 17.9. The Morgan fingerprint density at radius 3 is 2.94 bits per heavy atom. The number of carbonyl (C=O) groups is 1. The van der Waals surface area contributed by atoms with Gasteiger partial charge in [0.2, 0.25) is 6.79 Å². The van der Waals surface area contributed by atoms with Crippen LogP contribution in [0.5, 0.6) is 11.5 Å². The number of para-hydroxylation sites is 1. The van der Waals surface area contributed by atoms with Gasteiger partial charge in [0.25, 0.3) is 5.91 Å². The highest BCUT2D eigenvalue weighted by atomic mass is 16.7. The van der Waals surface area contributed by atoms with Gasteiger partial charge in [-0.3, -0.25) is 14.7 Å². The second kappa shape index (κ2) is 8.55. The lowest BCUT2D eigenvalue weighted by Crippen LogP contribution is -2.42. The lowest BCUT2D eigenvalue weighted by Gasteiger charge is -2.30. The van der Waals surface area contributed by atoms with E-state index >= 15 is 0 Å².